The molecule has 1 atom stereocenters. The molecule has 7 nitrogen and oxygen atoms in total. The Morgan fingerprint density at radius 3 is 2.45 bits per heavy atom. The summed E-state index contributed by atoms with van der Waals surface area (Å²) < 4.78 is 0. The van der Waals surface area contributed by atoms with Crippen molar-refractivity contribution >= 4 is 17.6 Å². The van der Waals surface area contributed by atoms with Gasteiger partial charge in [-0.05, 0) is 24.8 Å². The number of carbonyl (C=O) groups is 2. The van der Waals surface area contributed by atoms with E-state index in [2.05, 4.69) is 4.99 Å². The number of amides is 1. The third kappa shape index (κ3) is 5.92. The zero-order valence-corrected chi connectivity index (χ0v) is 12.5. The van der Waals surface area contributed by atoms with Gasteiger partial charge in [0.1, 0.15) is 0 Å². The number of guanidine groups is 1. The standard InChI is InChI=1S/C15H23N5O2/c16-12(6-3-9-20-15(18)19)14(22)11-5-2-1-4-10(11)7-8-13(17)21/h1-2,4-5,12H,3,6-9,16H2,(H2,17,21)(H4,18,19,20)/t12-/m0/s1. The molecule has 1 aromatic carbocycles. The molecule has 120 valence electrons. The lowest BCUT2D eigenvalue weighted by molar-refractivity contribution is -0.117. The third-order valence-corrected chi connectivity index (χ3v) is 3.23. The number of aryl methyl sites for hydroxylation is 1. The van der Waals surface area contributed by atoms with Crippen LogP contribution in [-0.4, -0.2) is 30.2 Å². The van der Waals surface area contributed by atoms with E-state index < -0.39 is 11.9 Å². The lowest BCUT2D eigenvalue weighted by Crippen LogP contribution is -2.31. The average molecular weight is 305 g/mol. The molecule has 22 heavy (non-hydrogen) atoms. The van der Waals surface area contributed by atoms with E-state index in [0.29, 0.717) is 31.4 Å². The molecule has 1 amide bonds. The molecule has 8 N–H and O–H groups in total. The Labute approximate surface area is 129 Å². The topological polar surface area (TPSA) is 151 Å². The normalized spacial score (nSPS) is 11.7. The molecule has 0 spiro atoms. The van der Waals surface area contributed by atoms with Crippen LogP contribution in [0.25, 0.3) is 0 Å². The molecule has 0 radical (unpaired) electrons. The molecule has 7 heteroatoms. The Hall–Kier alpha value is -2.41. The van der Waals surface area contributed by atoms with Crippen molar-refractivity contribution in [2.45, 2.75) is 31.7 Å². The number of hydrogen-bond donors (Lipinski definition) is 4. The minimum Gasteiger partial charge on any atom is -0.370 e. The molecule has 0 aliphatic heterocycles. The van der Waals surface area contributed by atoms with Crippen molar-refractivity contribution in [3.63, 3.8) is 0 Å². The van der Waals surface area contributed by atoms with E-state index in [4.69, 9.17) is 22.9 Å². The quantitative estimate of drug-likeness (QED) is 0.213. The summed E-state index contributed by atoms with van der Waals surface area (Å²) in [7, 11) is 0. The highest BCUT2D eigenvalue weighted by Crippen LogP contribution is 2.14. The predicted octanol–water partition coefficient (Wildman–Crippen LogP) is -0.332. The monoisotopic (exact) mass is 305 g/mol. The summed E-state index contributed by atoms with van der Waals surface area (Å²) >= 11 is 0. The molecule has 0 aromatic heterocycles. The van der Waals surface area contributed by atoms with Gasteiger partial charge in [-0.25, -0.2) is 0 Å². The summed E-state index contributed by atoms with van der Waals surface area (Å²) in [6.07, 6.45) is 1.73. The van der Waals surface area contributed by atoms with Gasteiger partial charge in [0.2, 0.25) is 5.91 Å². The van der Waals surface area contributed by atoms with Gasteiger partial charge in [-0.2, -0.15) is 0 Å². The summed E-state index contributed by atoms with van der Waals surface area (Å²) in [5.41, 5.74) is 22.9. The third-order valence-electron chi connectivity index (χ3n) is 3.23. The highest BCUT2D eigenvalue weighted by molar-refractivity contribution is 6.01. The number of ketones is 1. The van der Waals surface area contributed by atoms with Crippen LogP contribution in [0.15, 0.2) is 29.3 Å². The molecular formula is C15H23N5O2. The van der Waals surface area contributed by atoms with Gasteiger partial charge in [0.05, 0.1) is 6.04 Å². The number of benzene rings is 1. The van der Waals surface area contributed by atoms with Crippen LogP contribution in [-0.2, 0) is 11.2 Å². The van der Waals surface area contributed by atoms with E-state index in [1.165, 1.54) is 0 Å². The van der Waals surface area contributed by atoms with Crippen LogP contribution in [0.2, 0.25) is 0 Å². The molecule has 0 fully saturated rings. The molecule has 0 heterocycles. The fourth-order valence-corrected chi connectivity index (χ4v) is 2.09. The van der Waals surface area contributed by atoms with E-state index in [1.807, 2.05) is 12.1 Å². The molecule has 0 saturated carbocycles. The number of rotatable bonds is 9. The van der Waals surface area contributed by atoms with E-state index >= 15 is 0 Å². The van der Waals surface area contributed by atoms with E-state index in [-0.39, 0.29) is 18.2 Å². The Bertz CT molecular complexity index is 553. The van der Waals surface area contributed by atoms with Gasteiger partial charge in [0.15, 0.2) is 11.7 Å². The summed E-state index contributed by atoms with van der Waals surface area (Å²) in [5.74, 6) is -0.523. The van der Waals surface area contributed by atoms with Crippen LogP contribution in [0.3, 0.4) is 0 Å². The molecule has 0 unspecified atom stereocenters. The maximum atomic E-state index is 12.4. The number of hydrogen-bond acceptors (Lipinski definition) is 4. The number of Topliss-reactive ketones (excluding diaryl/α,β-unsaturated/α-hetero) is 1. The van der Waals surface area contributed by atoms with Crippen LogP contribution in [0.5, 0.6) is 0 Å². The maximum Gasteiger partial charge on any atom is 0.217 e. The van der Waals surface area contributed by atoms with Gasteiger partial charge < -0.3 is 22.9 Å². The Balaban J connectivity index is 2.67. The molecule has 0 saturated heterocycles. The van der Waals surface area contributed by atoms with Gasteiger partial charge in [-0.3, -0.25) is 14.6 Å². The van der Waals surface area contributed by atoms with Gasteiger partial charge in [0, 0.05) is 18.5 Å². The van der Waals surface area contributed by atoms with Crippen LogP contribution in [0, 0.1) is 0 Å². The first-order chi connectivity index (χ1) is 10.4. The minimum atomic E-state index is -0.621. The van der Waals surface area contributed by atoms with E-state index in [1.54, 1.807) is 12.1 Å². The Kier molecular flexibility index (Phi) is 7.04. The SMILES string of the molecule is NC(=O)CCc1ccccc1C(=O)[C@@H](N)CCCN=C(N)N. The van der Waals surface area contributed by atoms with E-state index in [9.17, 15) is 9.59 Å². The van der Waals surface area contributed by atoms with Gasteiger partial charge in [-0.1, -0.05) is 24.3 Å². The van der Waals surface area contributed by atoms with Gasteiger partial charge >= 0.3 is 0 Å². The highest BCUT2D eigenvalue weighted by atomic mass is 16.1. The first-order valence-corrected chi connectivity index (χ1v) is 7.13. The smallest absolute Gasteiger partial charge is 0.217 e. The van der Waals surface area contributed by atoms with Gasteiger partial charge in [-0.15, -0.1) is 0 Å². The predicted molar refractivity (Wildman–Crippen MR) is 86.2 cm³/mol. The lowest BCUT2D eigenvalue weighted by atomic mass is 9.94. The average Bonchev–Trinajstić information content (AvgIpc) is 2.48. The van der Waals surface area contributed by atoms with E-state index in [0.717, 1.165) is 5.56 Å². The summed E-state index contributed by atoms with van der Waals surface area (Å²) in [6, 6.07) is 6.49. The van der Waals surface area contributed by atoms with Crippen molar-refractivity contribution in [2.75, 3.05) is 6.54 Å². The first kappa shape index (κ1) is 17.6. The maximum absolute atomic E-state index is 12.4. The summed E-state index contributed by atoms with van der Waals surface area (Å²) in [5, 5.41) is 0. The zero-order chi connectivity index (χ0) is 16.5. The Morgan fingerprint density at radius 1 is 1.14 bits per heavy atom. The van der Waals surface area contributed by atoms with Crippen molar-refractivity contribution in [3.8, 4) is 0 Å². The second-order valence-corrected chi connectivity index (χ2v) is 5.04. The highest BCUT2D eigenvalue weighted by Gasteiger charge is 2.18. The van der Waals surface area contributed by atoms with Crippen LogP contribution < -0.4 is 22.9 Å². The van der Waals surface area contributed by atoms with Crippen LogP contribution >= 0.6 is 0 Å². The molecule has 1 aromatic rings. The second kappa shape index (κ2) is 8.78. The van der Waals surface area contributed by atoms with Crippen LogP contribution in [0.4, 0.5) is 0 Å². The number of nitrogens with zero attached hydrogens (tertiary/aromatic N) is 1. The molecule has 1 rings (SSSR count). The van der Waals surface area contributed by atoms with Crippen molar-refractivity contribution in [1.29, 1.82) is 0 Å². The lowest BCUT2D eigenvalue weighted by Gasteiger charge is -2.13. The van der Waals surface area contributed by atoms with Crippen molar-refractivity contribution in [2.24, 2.45) is 27.9 Å². The Morgan fingerprint density at radius 2 is 1.82 bits per heavy atom. The van der Waals surface area contributed by atoms with Crippen LogP contribution in [0.1, 0.15) is 35.2 Å². The first-order valence-electron chi connectivity index (χ1n) is 7.13. The van der Waals surface area contributed by atoms with Crippen molar-refractivity contribution in [3.05, 3.63) is 35.4 Å². The fourth-order valence-electron chi connectivity index (χ4n) is 2.09. The molecular weight excluding hydrogens is 282 g/mol. The van der Waals surface area contributed by atoms with Crippen molar-refractivity contribution < 1.29 is 9.59 Å². The summed E-state index contributed by atoms with van der Waals surface area (Å²) in [4.78, 5) is 27.2. The minimum absolute atomic E-state index is 0.0247. The molecule has 0 aliphatic rings. The molecule has 0 aliphatic carbocycles. The van der Waals surface area contributed by atoms with Gasteiger partial charge in [0.25, 0.3) is 0 Å². The number of primary amides is 1. The molecule has 0 bridgehead atoms. The number of nitrogens with two attached hydrogens (primary N) is 4. The number of aliphatic imine (C=N–C) groups is 1. The number of carbonyl (C=O) groups excluding carboxylic acids is 2. The van der Waals surface area contributed by atoms with Crippen molar-refractivity contribution in [1.82, 2.24) is 0 Å². The fraction of sp³-hybridized carbons (Fsp3) is 0.400. The largest absolute Gasteiger partial charge is 0.370 e. The second-order valence-electron chi connectivity index (χ2n) is 5.04. The zero-order valence-electron chi connectivity index (χ0n) is 12.5. The summed E-state index contributed by atoms with van der Waals surface area (Å²) in [6.45, 7) is 0.437.